The molecule has 1 rings (SSSR count). The van der Waals surface area contributed by atoms with Gasteiger partial charge in [-0.25, -0.2) is 4.98 Å². The summed E-state index contributed by atoms with van der Waals surface area (Å²) in [4.78, 5) is 4.34. The molecule has 0 N–H and O–H groups in total. The minimum absolute atomic E-state index is 0.00137. The van der Waals surface area contributed by atoms with Crippen molar-refractivity contribution in [2.24, 2.45) is 0 Å². The van der Waals surface area contributed by atoms with Crippen LogP contribution in [-0.2, 0) is 5.41 Å². The largest absolute Gasteiger partial charge is 0.486 e. The summed E-state index contributed by atoms with van der Waals surface area (Å²) in [6.07, 6.45) is 0. The van der Waals surface area contributed by atoms with Crippen molar-refractivity contribution in [3.05, 3.63) is 5.69 Å². The molecule has 0 amide bonds. The molecular formula is C9H15NO2S. The van der Waals surface area contributed by atoms with Crippen LogP contribution in [0.15, 0.2) is 0 Å². The lowest BCUT2D eigenvalue weighted by Crippen LogP contribution is -2.12. The Morgan fingerprint density at radius 1 is 1.15 bits per heavy atom. The predicted octanol–water partition coefficient (Wildman–Crippen LogP) is 2.46. The number of rotatable bonds is 2. The molecule has 0 bridgehead atoms. The molecule has 0 unspecified atom stereocenters. The van der Waals surface area contributed by atoms with Crippen molar-refractivity contribution in [3.63, 3.8) is 0 Å². The Bertz CT molecular complexity index is 288. The second-order valence-corrected chi connectivity index (χ2v) is 4.70. The van der Waals surface area contributed by atoms with Crippen molar-refractivity contribution in [3.8, 4) is 10.3 Å². The van der Waals surface area contributed by atoms with Gasteiger partial charge in [-0.2, -0.15) is 0 Å². The van der Waals surface area contributed by atoms with E-state index in [9.17, 15) is 0 Å². The van der Waals surface area contributed by atoms with E-state index in [4.69, 9.17) is 9.47 Å². The molecule has 1 aromatic rings. The second kappa shape index (κ2) is 3.54. The zero-order valence-corrected chi connectivity index (χ0v) is 9.49. The van der Waals surface area contributed by atoms with Crippen LogP contribution < -0.4 is 9.47 Å². The molecule has 0 aliphatic heterocycles. The van der Waals surface area contributed by atoms with Crippen LogP contribution in [-0.4, -0.2) is 19.2 Å². The van der Waals surface area contributed by atoms with Gasteiger partial charge in [-0.1, -0.05) is 20.8 Å². The maximum atomic E-state index is 5.23. The van der Waals surface area contributed by atoms with Crippen LogP contribution in [0.2, 0.25) is 0 Å². The van der Waals surface area contributed by atoms with Crippen LogP contribution >= 0.6 is 11.3 Å². The van der Waals surface area contributed by atoms with Crippen molar-refractivity contribution in [2.75, 3.05) is 14.2 Å². The molecule has 4 heteroatoms. The predicted molar refractivity (Wildman–Crippen MR) is 53.9 cm³/mol. The average molecular weight is 201 g/mol. The smallest absolute Gasteiger partial charge is 0.276 e. The molecule has 3 nitrogen and oxygen atoms in total. The van der Waals surface area contributed by atoms with Crippen molar-refractivity contribution in [2.45, 2.75) is 26.2 Å². The van der Waals surface area contributed by atoms with E-state index in [1.807, 2.05) is 0 Å². The van der Waals surface area contributed by atoms with E-state index >= 15 is 0 Å². The lowest BCUT2D eigenvalue weighted by Gasteiger charge is -2.15. The number of nitrogens with zero attached hydrogens (tertiary/aromatic N) is 1. The van der Waals surface area contributed by atoms with Gasteiger partial charge in [0.1, 0.15) is 5.69 Å². The van der Waals surface area contributed by atoms with Gasteiger partial charge >= 0.3 is 0 Å². The molecule has 0 aliphatic rings. The molecule has 0 spiro atoms. The Morgan fingerprint density at radius 3 is 2.08 bits per heavy atom. The molecule has 1 heterocycles. The molecule has 0 saturated heterocycles. The summed E-state index contributed by atoms with van der Waals surface area (Å²) in [5.41, 5.74) is 0.954. The van der Waals surface area contributed by atoms with Crippen LogP contribution in [0, 0.1) is 0 Å². The number of methoxy groups -OCH3 is 2. The van der Waals surface area contributed by atoms with E-state index in [2.05, 4.69) is 25.8 Å². The molecule has 0 fully saturated rings. The molecule has 0 saturated carbocycles. The minimum atomic E-state index is -0.00137. The lowest BCUT2D eigenvalue weighted by molar-refractivity contribution is 0.398. The topological polar surface area (TPSA) is 31.4 Å². The van der Waals surface area contributed by atoms with Gasteiger partial charge in [-0.05, 0) is 11.3 Å². The van der Waals surface area contributed by atoms with Crippen LogP contribution in [0.4, 0.5) is 0 Å². The first kappa shape index (κ1) is 10.3. The number of hydrogen-bond acceptors (Lipinski definition) is 4. The number of ether oxygens (including phenoxy) is 2. The van der Waals surface area contributed by atoms with Gasteiger partial charge in [0.05, 0.1) is 14.2 Å². The van der Waals surface area contributed by atoms with Gasteiger partial charge in [0.2, 0.25) is 5.06 Å². The highest BCUT2D eigenvalue weighted by molar-refractivity contribution is 7.15. The highest BCUT2D eigenvalue weighted by atomic mass is 32.1. The normalized spacial score (nSPS) is 11.5. The fraction of sp³-hybridized carbons (Fsp3) is 0.667. The SMILES string of the molecule is COc1nc(C(C)(C)C)c(OC)s1. The number of thiazole rings is 1. The van der Waals surface area contributed by atoms with Gasteiger partial charge in [0.25, 0.3) is 5.19 Å². The quantitative estimate of drug-likeness (QED) is 0.736. The Labute approximate surface area is 82.7 Å². The van der Waals surface area contributed by atoms with Crippen molar-refractivity contribution in [1.29, 1.82) is 0 Å². The molecule has 0 radical (unpaired) electrons. The standard InChI is InChI=1S/C9H15NO2S/c1-9(2,3)6-7(11-4)13-8(10-6)12-5/h1-5H3. The lowest BCUT2D eigenvalue weighted by atomic mass is 9.93. The summed E-state index contributed by atoms with van der Waals surface area (Å²) in [6, 6.07) is 0. The molecule has 0 atom stereocenters. The van der Waals surface area contributed by atoms with Crippen molar-refractivity contribution in [1.82, 2.24) is 4.98 Å². The van der Waals surface area contributed by atoms with Gasteiger partial charge in [0, 0.05) is 5.41 Å². The molecule has 1 aromatic heterocycles. The zero-order valence-electron chi connectivity index (χ0n) is 8.67. The third kappa shape index (κ3) is 2.12. The monoisotopic (exact) mass is 201 g/mol. The van der Waals surface area contributed by atoms with E-state index in [1.54, 1.807) is 14.2 Å². The molecular weight excluding hydrogens is 186 g/mol. The summed E-state index contributed by atoms with van der Waals surface area (Å²) in [7, 11) is 3.27. The molecule has 0 aromatic carbocycles. The van der Waals surface area contributed by atoms with Crippen LogP contribution in [0.3, 0.4) is 0 Å². The minimum Gasteiger partial charge on any atom is -0.486 e. The Morgan fingerprint density at radius 2 is 1.77 bits per heavy atom. The summed E-state index contributed by atoms with van der Waals surface area (Å²) < 4.78 is 10.3. The number of aromatic nitrogens is 1. The second-order valence-electron chi connectivity index (χ2n) is 3.77. The Hall–Kier alpha value is -0.770. The Kier molecular flexibility index (Phi) is 2.81. The molecule has 74 valence electrons. The van der Waals surface area contributed by atoms with Crippen molar-refractivity contribution >= 4 is 11.3 Å². The van der Waals surface area contributed by atoms with Gasteiger partial charge < -0.3 is 9.47 Å². The summed E-state index contributed by atoms with van der Waals surface area (Å²) in [5.74, 6) is 0. The van der Waals surface area contributed by atoms with Crippen molar-refractivity contribution < 1.29 is 9.47 Å². The molecule has 0 aliphatic carbocycles. The third-order valence-corrected chi connectivity index (χ3v) is 2.62. The fourth-order valence-corrected chi connectivity index (χ4v) is 1.90. The van der Waals surface area contributed by atoms with Crippen LogP contribution in [0.25, 0.3) is 0 Å². The first-order chi connectivity index (χ1) is 5.99. The van der Waals surface area contributed by atoms with Gasteiger partial charge in [-0.15, -0.1) is 0 Å². The van der Waals surface area contributed by atoms with Gasteiger partial charge in [-0.3, -0.25) is 0 Å². The van der Waals surface area contributed by atoms with Gasteiger partial charge in [0.15, 0.2) is 0 Å². The maximum Gasteiger partial charge on any atom is 0.276 e. The third-order valence-electron chi connectivity index (χ3n) is 1.65. The first-order valence-corrected chi connectivity index (χ1v) is 4.90. The average Bonchev–Trinajstić information content (AvgIpc) is 2.46. The van der Waals surface area contributed by atoms with Crippen LogP contribution in [0.5, 0.6) is 10.3 Å². The van der Waals surface area contributed by atoms with Crippen LogP contribution in [0.1, 0.15) is 26.5 Å². The Balaban J connectivity index is 3.11. The fourth-order valence-electron chi connectivity index (χ4n) is 0.987. The van der Waals surface area contributed by atoms with E-state index < -0.39 is 0 Å². The number of hydrogen-bond donors (Lipinski definition) is 0. The van der Waals surface area contributed by atoms with E-state index in [0.29, 0.717) is 5.19 Å². The van der Waals surface area contributed by atoms with E-state index in [1.165, 1.54) is 11.3 Å². The summed E-state index contributed by atoms with van der Waals surface area (Å²) in [5, 5.41) is 1.49. The maximum absolute atomic E-state index is 5.23. The first-order valence-electron chi connectivity index (χ1n) is 4.08. The van der Waals surface area contributed by atoms with E-state index in [-0.39, 0.29) is 5.41 Å². The molecule has 13 heavy (non-hydrogen) atoms. The summed E-state index contributed by atoms with van der Waals surface area (Å²) >= 11 is 1.43. The highest BCUT2D eigenvalue weighted by Gasteiger charge is 2.24. The van der Waals surface area contributed by atoms with E-state index in [0.717, 1.165) is 10.8 Å². The summed E-state index contributed by atoms with van der Waals surface area (Å²) in [6.45, 7) is 6.30. The highest BCUT2D eigenvalue weighted by Crippen LogP contribution is 2.38. The zero-order chi connectivity index (χ0) is 10.1.